The average molecular weight is 260 g/mol. The van der Waals surface area contributed by atoms with Gasteiger partial charge in [0, 0.05) is 13.2 Å². The Morgan fingerprint density at radius 3 is 2.94 bits per heavy atom. The molecule has 0 saturated carbocycles. The fraction of sp³-hybridized carbons (Fsp3) is 0.636. The number of ether oxygens (including phenoxy) is 1. The predicted octanol–water partition coefficient (Wildman–Crippen LogP) is 1.96. The van der Waals surface area contributed by atoms with Gasteiger partial charge in [0.2, 0.25) is 0 Å². The smallest absolute Gasteiger partial charge is 0.198 e. The van der Waals surface area contributed by atoms with E-state index in [0.29, 0.717) is 22.6 Å². The first kappa shape index (κ1) is 14.0. The van der Waals surface area contributed by atoms with Crippen molar-refractivity contribution in [2.24, 2.45) is 5.92 Å². The first-order valence-electron chi connectivity index (χ1n) is 5.58. The van der Waals surface area contributed by atoms with Crippen molar-refractivity contribution in [3.05, 3.63) is 11.5 Å². The normalized spacial score (nSPS) is 12.2. The lowest BCUT2D eigenvalue weighted by molar-refractivity contribution is 0.229. The first-order chi connectivity index (χ1) is 8.19. The molecule has 0 aromatic carbocycles. The highest BCUT2D eigenvalue weighted by Gasteiger charge is 2.09. The number of hydrogen-bond acceptors (Lipinski definition) is 5. The molecule has 1 aromatic rings. The van der Waals surface area contributed by atoms with Gasteiger partial charge in [0.05, 0.1) is 7.11 Å². The molecule has 2 N–H and O–H groups in total. The second-order valence-electron chi connectivity index (χ2n) is 3.90. The molecule has 96 valence electrons. The Balaban J connectivity index is 2.44. The number of anilines is 1. The Kier molecular flexibility index (Phi) is 6.00. The van der Waals surface area contributed by atoms with Gasteiger partial charge in [0.1, 0.15) is 6.33 Å². The molecule has 1 atom stereocenters. The molecule has 0 saturated heterocycles. The molecule has 0 fully saturated rings. The second-order valence-corrected chi connectivity index (χ2v) is 4.26. The SMILES string of the molecule is COc1c(Cl)ncnc1NCCCC(C)CO. The average Bonchev–Trinajstić information content (AvgIpc) is 2.34. The number of rotatable bonds is 7. The van der Waals surface area contributed by atoms with Crippen LogP contribution < -0.4 is 10.1 Å². The Labute approximate surface area is 106 Å². The van der Waals surface area contributed by atoms with E-state index in [9.17, 15) is 0 Å². The molecule has 6 heteroatoms. The van der Waals surface area contributed by atoms with Crippen molar-refractivity contribution in [1.82, 2.24) is 9.97 Å². The minimum Gasteiger partial charge on any atom is -0.490 e. The van der Waals surface area contributed by atoms with Gasteiger partial charge in [-0.15, -0.1) is 0 Å². The summed E-state index contributed by atoms with van der Waals surface area (Å²) in [6.07, 6.45) is 3.31. The lowest BCUT2D eigenvalue weighted by atomic mass is 10.1. The molecule has 1 aromatic heterocycles. The van der Waals surface area contributed by atoms with Gasteiger partial charge >= 0.3 is 0 Å². The van der Waals surface area contributed by atoms with E-state index in [1.54, 1.807) is 0 Å². The number of aliphatic hydroxyl groups is 1. The summed E-state index contributed by atoms with van der Waals surface area (Å²) in [4.78, 5) is 7.90. The molecular formula is C11H18ClN3O2. The summed E-state index contributed by atoms with van der Waals surface area (Å²) >= 11 is 5.87. The Bertz CT molecular complexity index is 349. The molecular weight excluding hydrogens is 242 g/mol. The van der Waals surface area contributed by atoms with Gasteiger partial charge in [-0.1, -0.05) is 18.5 Å². The standard InChI is InChI=1S/C11H18ClN3O2/c1-8(6-16)4-3-5-13-11-9(17-2)10(12)14-7-15-11/h7-8,16H,3-6H2,1-2H3,(H,13,14,15). The van der Waals surface area contributed by atoms with Crippen LogP contribution in [0.5, 0.6) is 5.75 Å². The Morgan fingerprint density at radius 1 is 1.53 bits per heavy atom. The van der Waals surface area contributed by atoms with E-state index in [0.717, 1.165) is 19.4 Å². The third-order valence-corrected chi connectivity index (χ3v) is 2.71. The van der Waals surface area contributed by atoms with Gasteiger partial charge < -0.3 is 15.2 Å². The van der Waals surface area contributed by atoms with Crippen molar-refractivity contribution in [2.45, 2.75) is 19.8 Å². The number of methoxy groups -OCH3 is 1. The van der Waals surface area contributed by atoms with E-state index in [2.05, 4.69) is 15.3 Å². The van der Waals surface area contributed by atoms with E-state index in [1.165, 1.54) is 13.4 Å². The lowest BCUT2D eigenvalue weighted by Crippen LogP contribution is -2.08. The molecule has 17 heavy (non-hydrogen) atoms. The summed E-state index contributed by atoms with van der Waals surface area (Å²) in [6, 6.07) is 0. The highest BCUT2D eigenvalue weighted by atomic mass is 35.5. The first-order valence-corrected chi connectivity index (χ1v) is 5.96. The summed E-state index contributed by atoms with van der Waals surface area (Å²) < 4.78 is 5.12. The number of hydrogen-bond donors (Lipinski definition) is 2. The minimum atomic E-state index is 0.225. The summed E-state index contributed by atoms with van der Waals surface area (Å²) in [6.45, 7) is 3.00. The van der Waals surface area contributed by atoms with Crippen LogP contribution >= 0.6 is 11.6 Å². The number of nitrogens with zero attached hydrogens (tertiary/aromatic N) is 2. The van der Waals surface area contributed by atoms with Crippen LogP contribution in [0.1, 0.15) is 19.8 Å². The third-order valence-electron chi connectivity index (χ3n) is 2.44. The van der Waals surface area contributed by atoms with Crippen LogP contribution in [0.4, 0.5) is 5.82 Å². The van der Waals surface area contributed by atoms with Crippen LogP contribution in [-0.4, -0.2) is 35.3 Å². The van der Waals surface area contributed by atoms with Crippen LogP contribution in [0, 0.1) is 5.92 Å². The van der Waals surface area contributed by atoms with Crippen molar-refractivity contribution in [2.75, 3.05) is 25.6 Å². The van der Waals surface area contributed by atoms with E-state index in [-0.39, 0.29) is 6.61 Å². The molecule has 1 unspecified atom stereocenters. The quantitative estimate of drug-likeness (QED) is 0.579. The van der Waals surface area contributed by atoms with Gasteiger partial charge in [-0.3, -0.25) is 0 Å². The predicted molar refractivity (Wildman–Crippen MR) is 67.6 cm³/mol. The van der Waals surface area contributed by atoms with Crippen LogP contribution in [-0.2, 0) is 0 Å². The molecule has 0 aliphatic rings. The van der Waals surface area contributed by atoms with Crippen LogP contribution in [0.2, 0.25) is 5.15 Å². The molecule has 0 spiro atoms. The van der Waals surface area contributed by atoms with Gasteiger partial charge in [0.15, 0.2) is 16.7 Å². The fourth-order valence-electron chi connectivity index (χ4n) is 1.41. The molecule has 0 aliphatic heterocycles. The van der Waals surface area contributed by atoms with Crippen molar-refractivity contribution in [3.63, 3.8) is 0 Å². The molecule has 0 bridgehead atoms. The van der Waals surface area contributed by atoms with Crippen LogP contribution in [0.15, 0.2) is 6.33 Å². The van der Waals surface area contributed by atoms with Gasteiger partial charge in [-0.05, 0) is 18.8 Å². The zero-order valence-corrected chi connectivity index (χ0v) is 10.9. The molecule has 1 rings (SSSR count). The summed E-state index contributed by atoms with van der Waals surface area (Å²) in [7, 11) is 1.53. The monoisotopic (exact) mass is 259 g/mol. The highest BCUT2D eigenvalue weighted by Crippen LogP contribution is 2.28. The van der Waals surface area contributed by atoms with Crippen molar-refractivity contribution >= 4 is 17.4 Å². The Morgan fingerprint density at radius 2 is 2.29 bits per heavy atom. The minimum absolute atomic E-state index is 0.225. The zero-order chi connectivity index (χ0) is 12.7. The largest absolute Gasteiger partial charge is 0.490 e. The summed E-state index contributed by atoms with van der Waals surface area (Å²) in [5, 5.41) is 12.3. The number of aliphatic hydroxyl groups excluding tert-OH is 1. The maximum absolute atomic E-state index is 8.89. The van der Waals surface area contributed by atoms with E-state index in [1.807, 2.05) is 6.92 Å². The molecule has 1 heterocycles. The van der Waals surface area contributed by atoms with Crippen molar-refractivity contribution in [3.8, 4) is 5.75 Å². The van der Waals surface area contributed by atoms with Gasteiger partial charge in [-0.2, -0.15) is 0 Å². The Hall–Kier alpha value is -1.07. The number of aromatic nitrogens is 2. The topological polar surface area (TPSA) is 67.3 Å². The van der Waals surface area contributed by atoms with Crippen molar-refractivity contribution < 1.29 is 9.84 Å². The van der Waals surface area contributed by atoms with E-state index >= 15 is 0 Å². The van der Waals surface area contributed by atoms with E-state index in [4.69, 9.17) is 21.4 Å². The summed E-state index contributed by atoms with van der Waals surface area (Å²) in [5.41, 5.74) is 0. The highest BCUT2D eigenvalue weighted by molar-refractivity contribution is 6.31. The van der Waals surface area contributed by atoms with E-state index < -0.39 is 0 Å². The second kappa shape index (κ2) is 7.29. The maximum atomic E-state index is 8.89. The zero-order valence-electron chi connectivity index (χ0n) is 10.1. The lowest BCUT2D eigenvalue weighted by Gasteiger charge is -2.11. The number of nitrogens with one attached hydrogen (secondary N) is 1. The molecule has 0 radical (unpaired) electrons. The maximum Gasteiger partial charge on any atom is 0.198 e. The van der Waals surface area contributed by atoms with Gasteiger partial charge in [-0.25, -0.2) is 9.97 Å². The molecule has 5 nitrogen and oxygen atoms in total. The van der Waals surface area contributed by atoms with Crippen LogP contribution in [0.25, 0.3) is 0 Å². The van der Waals surface area contributed by atoms with Crippen LogP contribution in [0.3, 0.4) is 0 Å². The van der Waals surface area contributed by atoms with Gasteiger partial charge in [0.25, 0.3) is 0 Å². The fourth-order valence-corrected chi connectivity index (χ4v) is 1.62. The third kappa shape index (κ3) is 4.36. The molecule has 0 aliphatic carbocycles. The summed E-state index contributed by atoms with van der Waals surface area (Å²) in [5.74, 6) is 1.39. The molecule has 0 amide bonds. The van der Waals surface area contributed by atoms with Crippen molar-refractivity contribution in [1.29, 1.82) is 0 Å². The number of halogens is 1.